The first-order valence-corrected chi connectivity index (χ1v) is 16.6. The van der Waals surface area contributed by atoms with E-state index in [0.29, 0.717) is 6.42 Å². The average Bonchev–Trinajstić information content (AvgIpc) is 2.65. The lowest BCUT2D eigenvalue weighted by molar-refractivity contribution is -0.337. The maximum Gasteiger partial charge on any atom is 0.302 e. The van der Waals surface area contributed by atoms with E-state index in [1.54, 1.807) is 19.9 Å². The first-order valence-electron chi connectivity index (χ1n) is 12.7. The fourth-order valence-corrected chi connectivity index (χ4v) is 9.09. The molecule has 0 spiro atoms. The van der Waals surface area contributed by atoms with Crippen molar-refractivity contribution in [2.45, 2.75) is 128 Å². The Bertz CT molecular complexity index is 914. The molecule has 0 aromatic rings. The van der Waals surface area contributed by atoms with Crippen molar-refractivity contribution < 1.29 is 32.0 Å². The van der Waals surface area contributed by atoms with Crippen molar-refractivity contribution in [1.82, 2.24) is 0 Å². The Kier molecular flexibility index (Phi) is 7.11. The Balaban J connectivity index is 2.29. The highest BCUT2D eigenvalue weighted by atomic mass is 32.2. The Morgan fingerprint density at radius 2 is 1.77 bits per heavy atom. The molecule has 1 heterocycles. The molecule has 3 aliphatic rings. The second kappa shape index (κ2) is 8.54. The molecule has 1 saturated heterocycles. The molecule has 3 fully saturated rings. The minimum Gasteiger partial charge on any atom is -0.413 e. The van der Waals surface area contributed by atoms with E-state index >= 15 is 0 Å². The molecular formula is C26H46O7SSi. The zero-order chi connectivity index (χ0) is 27.0. The summed E-state index contributed by atoms with van der Waals surface area (Å²) in [5.41, 5.74) is -5.73. The zero-order valence-electron chi connectivity index (χ0n) is 23.2. The first kappa shape index (κ1) is 29.1. The van der Waals surface area contributed by atoms with Crippen LogP contribution < -0.4 is 0 Å². The summed E-state index contributed by atoms with van der Waals surface area (Å²) in [5, 5.41) is 12.6. The average molecular weight is 531 g/mol. The number of fused-ring (bicyclic) bond motifs is 3. The predicted molar refractivity (Wildman–Crippen MR) is 140 cm³/mol. The largest absolute Gasteiger partial charge is 0.413 e. The molecule has 8 atom stereocenters. The third kappa shape index (κ3) is 4.27. The molecule has 0 radical (unpaired) electrons. The van der Waals surface area contributed by atoms with Crippen LogP contribution in [0.5, 0.6) is 0 Å². The highest BCUT2D eigenvalue weighted by Crippen LogP contribution is 2.68. The van der Waals surface area contributed by atoms with Gasteiger partial charge in [0.1, 0.15) is 5.60 Å². The standard InChI is InChI=1S/C26H46O7SSi/c1-12-23(7)16-18(27)26(28)24(8,33-23)15-17(31-34(29)30)20-22(5,6)14-13-19(25(20,26)9)32-35(10,11)21(2,3)4/h12,17,19-20,28H,1,13-16H2,2-11H3,(H,29,30)/t17-,19+,20+,23+,24-,25+,26-/m1/s1. The van der Waals surface area contributed by atoms with E-state index in [4.69, 9.17) is 13.3 Å². The number of carbonyl (C=O) groups excluding carboxylic acids is 1. The lowest BCUT2D eigenvalue weighted by atomic mass is 9.40. The van der Waals surface area contributed by atoms with Crippen LogP contribution in [0.2, 0.25) is 18.1 Å². The van der Waals surface area contributed by atoms with E-state index in [1.165, 1.54) is 0 Å². The first-order chi connectivity index (χ1) is 15.6. The van der Waals surface area contributed by atoms with Gasteiger partial charge in [-0.25, -0.2) is 0 Å². The molecule has 1 aliphatic heterocycles. The number of rotatable bonds is 5. The molecule has 9 heteroatoms. The van der Waals surface area contributed by atoms with Gasteiger partial charge >= 0.3 is 11.4 Å². The molecule has 0 aromatic carbocycles. The van der Waals surface area contributed by atoms with Gasteiger partial charge in [0.25, 0.3) is 0 Å². The Morgan fingerprint density at radius 3 is 2.26 bits per heavy atom. The van der Waals surface area contributed by atoms with Crippen molar-refractivity contribution in [3.63, 3.8) is 0 Å². The number of hydrogen-bond acceptors (Lipinski definition) is 6. The highest BCUT2D eigenvalue weighted by molar-refractivity contribution is 7.74. The van der Waals surface area contributed by atoms with Crippen molar-refractivity contribution in [1.29, 1.82) is 0 Å². The molecule has 2 aliphatic carbocycles. The van der Waals surface area contributed by atoms with E-state index in [0.717, 1.165) is 6.42 Å². The fraction of sp³-hybridized carbons (Fsp3) is 0.885. The predicted octanol–water partition coefficient (Wildman–Crippen LogP) is 5.17. The molecule has 0 amide bonds. The molecule has 3 rings (SSSR count). The van der Waals surface area contributed by atoms with Crippen LogP contribution in [0, 0.1) is 16.7 Å². The van der Waals surface area contributed by atoms with Crippen LogP contribution in [0.1, 0.15) is 81.1 Å². The maximum atomic E-state index is 14.1. The van der Waals surface area contributed by atoms with Gasteiger partial charge in [-0.1, -0.05) is 47.6 Å². The van der Waals surface area contributed by atoms with Crippen molar-refractivity contribution in [3.8, 4) is 0 Å². The van der Waals surface area contributed by atoms with E-state index in [1.807, 2.05) is 6.92 Å². The van der Waals surface area contributed by atoms with Gasteiger partial charge in [-0.05, 0) is 50.2 Å². The lowest BCUT2D eigenvalue weighted by Crippen LogP contribution is -2.83. The van der Waals surface area contributed by atoms with Crippen LogP contribution in [-0.2, 0) is 29.5 Å². The molecule has 0 aromatic heterocycles. The Morgan fingerprint density at radius 1 is 1.20 bits per heavy atom. The SMILES string of the molecule is C=C[C@@]1(C)CC(=O)[C@]2(O)[C@@]3(C)[C@@H](O[Si](C)(C)C(C)(C)C)CCC(C)(C)[C@@H]3[C@H](OS(=O)O)C[C@@]2(C)O1. The summed E-state index contributed by atoms with van der Waals surface area (Å²) < 4.78 is 41.0. The van der Waals surface area contributed by atoms with Crippen LogP contribution in [0.3, 0.4) is 0 Å². The summed E-state index contributed by atoms with van der Waals surface area (Å²) in [4.78, 5) is 14.1. The second-order valence-corrected chi connectivity index (χ2v) is 19.3. The van der Waals surface area contributed by atoms with Gasteiger partial charge in [0.2, 0.25) is 0 Å². The number of carbonyl (C=O) groups is 1. The van der Waals surface area contributed by atoms with Gasteiger partial charge in [-0.2, -0.15) is 4.21 Å². The highest BCUT2D eigenvalue weighted by Gasteiger charge is 2.78. The van der Waals surface area contributed by atoms with E-state index in [2.05, 4.69) is 54.3 Å². The van der Waals surface area contributed by atoms with E-state index in [9.17, 15) is 18.7 Å². The second-order valence-electron chi connectivity index (χ2n) is 13.9. The smallest absolute Gasteiger partial charge is 0.302 e. The van der Waals surface area contributed by atoms with Gasteiger partial charge in [0.05, 0.1) is 17.8 Å². The topological polar surface area (TPSA) is 102 Å². The van der Waals surface area contributed by atoms with Crippen LogP contribution >= 0.6 is 0 Å². The van der Waals surface area contributed by atoms with Crippen LogP contribution in [-0.4, -0.2) is 57.0 Å². The maximum absolute atomic E-state index is 14.1. The third-order valence-electron chi connectivity index (χ3n) is 9.97. The van der Waals surface area contributed by atoms with Crippen LogP contribution in [0.4, 0.5) is 0 Å². The molecule has 2 saturated carbocycles. The fourth-order valence-electron chi connectivity index (χ4n) is 7.27. The number of aliphatic hydroxyl groups is 1. The summed E-state index contributed by atoms with van der Waals surface area (Å²) in [7, 11) is -2.32. The molecule has 2 N–H and O–H groups in total. The Hall–Kier alpha value is -0.423. The van der Waals surface area contributed by atoms with Gasteiger partial charge in [0.15, 0.2) is 19.7 Å². The minimum absolute atomic E-state index is 0.00437. The van der Waals surface area contributed by atoms with Gasteiger partial charge < -0.3 is 14.3 Å². The van der Waals surface area contributed by atoms with E-state index < -0.39 is 60.0 Å². The van der Waals surface area contributed by atoms with Crippen molar-refractivity contribution in [2.75, 3.05) is 0 Å². The summed E-state index contributed by atoms with van der Waals surface area (Å²) in [6.07, 6.45) is 1.94. The Labute approximate surface area is 215 Å². The minimum atomic E-state index is -2.52. The number of Topliss-reactive ketones (excluding diaryl/α,β-unsaturated/α-hetero) is 1. The molecule has 35 heavy (non-hydrogen) atoms. The van der Waals surface area contributed by atoms with Gasteiger partial charge in [-0.3, -0.25) is 13.5 Å². The lowest BCUT2D eigenvalue weighted by Gasteiger charge is -2.71. The monoisotopic (exact) mass is 530 g/mol. The quantitative estimate of drug-likeness (QED) is 0.287. The summed E-state index contributed by atoms with van der Waals surface area (Å²) in [6, 6.07) is 0. The van der Waals surface area contributed by atoms with Gasteiger partial charge in [0, 0.05) is 24.2 Å². The summed E-state index contributed by atoms with van der Waals surface area (Å²) >= 11 is -2.52. The molecular weight excluding hydrogens is 484 g/mol. The van der Waals surface area contributed by atoms with Crippen LogP contribution in [0.25, 0.3) is 0 Å². The van der Waals surface area contributed by atoms with Crippen LogP contribution in [0.15, 0.2) is 12.7 Å². The third-order valence-corrected chi connectivity index (χ3v) is 14.9. The normalized spacial score (nSPS) is 44.8. The van der Waals surface area contributed by atoms with Gasteiger partial charge in [-0.15, -0.1) is 6.58 Å². The number of ether oxygens (including phenoxy) is 1. The molecule has 1 unspecified atom stereocenters. The zero-order valence-corrected chi connectivity index (χ0v) is 25.0. The number of hydrogen-bond donors (Lipinski definition) is 2. The molecule has 7 nitrogen and oxygen atoms in total. The summed E-state index contributed by atoms with van der Waals surface area (Å²) in [6.45, 7) is 24.3. The van der Waals surface area contributed by atoms with Crippen molar-refractivity contribution >= 4 is 25.5 Å². The number of ketones is 1. The molecule has 202 valence electrons. The van der Waals surface area contributed by atoms with Crippen molar-refractivity contribution in [3.05, 3.63) is 12.7 Å². The summed E-state index contributed by atoms with van der Waals surface area (Å²) in [5.74, 6) is -0.723. The van der Waals surface area contributed by atoms with E-state index in [-0.39, 0.29) is 29.1 Å². The molecule has 0 bridgehead atoms. The van der Waals surface area contributed by atoms with Crippen molar-refractivity contribution in [2.24, 2.45) is 16.7 Å².